The summed E-state index contributed by atoms with van der Waals surface area (Å²) in [5, 5.41) is 28.6. The highest BCUT2D eigenvalue weighted by molar-refractivity contribution is 6.29. The number of hydrogen-bond donors (Lipinski definition) is 4. The molecule has 4 N–H and O–H groups in total. The summed E-state index contributed by atoms with van der Waals surface area (Å²) < 4.78 is 3.20. The Balaban J connectivity index is 1.49. The zero-order chi connectivity index (χ0) is 23.7. The highest BCUT2D eigenvalue weighted by atomic mass is 35.5. The lowest BCUT2D eigenvalue weighted by molar-refractivity contribution is 0.102. The molecule has 1 amide bonds. The summed E-state index contributed by atoms with van der Waals surface area (Å²) in [5.74, 6) is 0.845. The van der Waals surface area contributed by atoms with Crippen molar-refractivity contribution in [3.8, 4) is 0 Å². The van der Waals surface area contributed by atoms with E-state index in [1.54, 1.807) is 16.8 Å². The lowest BCUT2D eigenvalue weighted by Crippen LogP contribution is -2.29. The first-order valence-electron chi connectivity index (χ1n) is 11.0. The minimum atomic E-state index is -0.385. The predicted octanol–water partition coefficient (Wildman–Crippen LogP) is 3.22. The van der Waals surface area contributed by atoms with Crippen LogP contribution in [0.3, 0.4) is 0 Å². The van der Waals surface area contributed by atoms with Gasteiger partial charge in [-0.1, -0.05) is 11.6 Å². The monoisotopic (exact) mass is 481 g/mol. The van der Waals surface area contributed by atoms with Crippen molar-refractivity contribution in [1.82, 2.24) is 29.4 Å². The normalized spacial score (nSPS) is 18.1. The van der Waals surface area contributed by atoms with Gasteiger partial charge >= 0.3 is 0 Å². The third kappa shape index (κ3) is 4.80. The Morgan fingerprint density at radius 2 is 1.94 bits per heavy atom. The maximum Gasteiger partial charge on any atom is 0.276 e. The molecule has 0 saturated heterocycles. The summed E-state index contributed by atoms with van der Waals surface area (Å²) in [6.07, 6.45) is 7.73. The average Bonchev–Trinajstić information content (AvgIpc) is 3.41. The second-order valence-corrected chi connectivity index (χ2v) is 8.68. The highest BCUT2D eigenvalue weighted by Gasteiger charge is 2.22. The molecule has 1 fully saturated rings. The van der Waals surface area contributed by atoms with Crippen molar-refractivity contribution in [1.29, 1.82) is 0 Å². The van der Waals surface area contributed by atoms with Crippen LogP contribution in [0.25, 0.3) is 5.65 Å². The molecule has 0 bridgehead atoms. The van der Waals surface area contributed by atoms with Gasteiger partial charge in [0.1, 0.15) is 11.0 Å². The minimum Gasteiger partial charge on any atom is -0.393 e. The minimum absolute atomic E-state index is 0.177. The van der Waals surface area contributed by atoms with Gasteiger partial charge in [0.05, 0.1) is 18.0 Å². The van der Waals surface area contributed by atoms with Gasteiger partial charge in [0, 0.05) is 43.3 Å². The maximum atomic E-state index is 13.1. The van der Waals surface area contributed by atoms with E-state index >= 15 is 0 Å². The number of carbonyl (C=O) groups excluding carboxylic acids is 1. The molecule has 5 rings (SSSR count). The zero-order valence-corrected chi connectivity index (χ0v) is 19.2. The predicted molar refractivity (Wildman–Crippen MR) is 129 cm³/mol. The van der Waals surface area contributed by atoms with Crippen LogP contribution < -0.4 is 16.0 Å². The molecule has 4 heterocycles. The summed E-state index contributed by atoms with van der Waals surface area (Å²) in [5.41, 5.74) is 1.91. The Bertz CT molecular complexity index is 1330. The Morgan fingerprint density at radius 3 is 2.68 bits per heavy atom. The van der Waals surface area contributed by atoms with Crippen molar-refractivity contribution in [2.24, 2.45) is 7.05 Å². The van der Waals surface area contributed by atoms with Crippen molar-refractivity contribution in [2.45, 2.75) is 37.8 Å². The van der Waals surface area contributed by atoms with Gasteiger partial charge in [0.25, 0.3) is 5.91 Å². The molecule has 1 aliphatic rings. The quantitative estimate of drug-likeness (QED) is 0.308. The first-order chi connectivity index (χ1) is 16.4. The fourth-order valence-electron chi connectivity index (χ4n) is 4.01. The molecule has 176 valence electrons. The van der Waals surface area contributed by atoms with Crippen molar-refractivity contribution < 1.29 is 9.90 Å². The number of aromatic nitrogens is 6. The standard InChI is InChI=1S/C22H24ClN9O2/c1-31-9-7-19(29-31)28-16-11-20(26-13-2-4-15(33)5-3-13)30-32-17(12-25-21(16)32)22(34)27-14-6-8-24-18(23)10-14/h6-13,15,33H,2-5H2,1H3,(H,26,30)(H,28,29)(H,24,27,34). The van der Waals surface area contributed by atoms with Crippen LogP contribution in [0.1, 0.15) is 36.2 Å². The van der Waals surface area contributed by atoms with E-state index in [4.69, 9.17) is 11.6 Å². The molecule has 12 heteroatoms. The molecule has 4 aromatic rings. The molecular weight excluding hydrogens is 458 g/mol. The number of imidazole rings is 1. The van der Waals surface area contributed by atoms with E-state index in [1.165, 1.54) is 16.9 Å². The van der Waals surface area contributed by atoms with Crippen LogP contribution in [-0.4, -0.2) is 52.5 Å². The molecule has 0 radical (unpaired) electrons. The van der Waals surface area contributed by atoms with E-state index in [-0.39, 0.29) is 28.9 Å². The van der Waals surface area contributed by atoms with E-state index in [0.29, 0.717) is 28.7 Å². The van der Waals surface area contributed by atoms with Crippen LogP contribution in [0.2, 0.25) is 5.15 Å². The van der Waals surface area contributed by atoms with E-state index < -0.39 is 0 Å². The van der Waals surface area contributed by atoms with Gasteiger partial charge in [-0.05, 0) is 37.8 Å². The molecular formula is C22H24ClN9O2. The number of nitrogens with one attached hydrogen (secondary N) is 3. The van der Waals surface area contributed by atoms with E-state index in [9.17, 15) is 9.90 Å². The van der Waals surface area contributed by atoms with Gasteiger partial charge in [0.2, 0.25) is 0 Å². The van der Waals surface area contributed by atoms with E-state index in [0.717, 1.165) is 25.7 Å². The molecule has 4 aromatic heterocycles. The van der Waals surface area contributed by atoms with Gasteiger partial charge in [-0.2, -0.15) is 5.10 Å². The van der Waals surface area contributed by atoms with Gasteiger partial charge < -0.3 is 21.1 Å². The first kappa shape index (κ1) is 22.1. The largest absolute Gasteiger partial charge is 0.393 e. The number of pyridine rings is 1. The van der Waals surface area contributed by atoms with E-state index in [2.05, 4.69) is 36.1 Å². The molecule has 11 nitrogen and oxygen atoms in total. The molecule has 34 heavy (non-hydrogen) atoms. The fraction of sp³-hybridized carbons (Fsp3) is 0.318. The molecule has 0 aromatic carbocycles. The molecule has 1 saturated carbocycles. The van der Waals surface area contributed by atoms with Crippen LogP contribution in [0.5, 0.6) is 0 Å². The molecule has 1 aliphatic carbocycles. The summed E-state index contributed by atoms with van der Waals surface area (Å²) >= 11 is 5.94. The van der Waals surface area contributed by atoms with Crippen molar-refractivity contribution in [2.75, 3.05) is 16.0 Å². The Labute approximate surface area is 200 Å². The summed E-state index contributed by atoms with van der Waals surface area (Å²) in [4.78, 5) is 21.4. The molecule has 0 spiro atoms. The van der Waals surface area contributed by atoms with Crippen molar-refractivity contribution in [3.63, 3.8) is 0 Å². The number of nitrogens with zero attached hydrogens (tertiary/aromatic N) is 6. The number of anilines is 4. The number of carbonyl (C=O) groups is 1. The average molecular weight is 482 g/mol. The zero-order valence-electron chi connectivity index (χ0n) is 18.4. The fourth-order valence-corrected chi connectivity index (χ4v) is 4.18. The highest BCUT2D eigenvalue weighted by Crippen LogP contribution is 2.27. The number of amides is 1. The SMILES string of the molecule is Cn1ccc(Nc2cc(NC3CCC(O)CC3)nn3c(C(=O)Nc4ccnc(Cl)c4)cnc23)n1. The van der Waals surface area contributed by atoms with Crippen molar-refractivity contribution >= 4 is 46.2 Å². The Kier molecular flexibility index (Phi) is 6.03. The van der Waals surface area contributed by atoms with Crippen LogP contribution >= 0.6 is 11.6 Å². The molecule has 0 unspecified atom stereocenters. The number of halogens is 1. The van der Waals surface area contributed by atoms with Gasteiger partial charge in [0.15, 0.2) is 17.2 Å². The van der Waals surface area contributed by atoms with Crippen molar-refractivity contribution in [3.05, 3.63) is 53.7 Å². The summed E-state index contributed by atoms with van der Waals surface area (Å²) in [6.45, 7) is 0. The topological polar surface area (TPSA) is 134 Å². The number of hydrogen-bond acceptors (Lipinski definition) is 8. The summed E-state index contributed by atoms with van der Waals surface area (Å²) in [7, 11) is 1.83. The van der Waals surface area contributed by atoms with Crippen LogP contribution in [-0.2, 0) is 7.05 Å². The number of aliphatic hydroxyl groups is 1. The lowest BCUT2D eigenvalue weighted by atomic mass is 9.93. The van der Waals surface area contributed by atoms with Gasteiger partial charge in [-0.15, -0.1) is 5.10 Å². The molecule has 0 aliphatic heterocycles. The number of aryl methyl sites for hydroxylation is 1. The van der Waals surface area contributed by atoms with Crippen LogP contribution in [0.4, 0.5) is 23.0 Å². The van der Waals surface area contributed by atoms with Crippen LogP contribution in [0, 0.1) is 0 Å². The number of aliphatic hydroxyl groups excluding tert-OH is 1. The smallest absolute Gasteiger partial charge is 0.276 e. The van der Waals surface area contributed by atoms with Gasteiger partial charge in [-0.3, -0.25) is 9.48 Å². The third-order valence-electron chi connectivity index (χ3n) is 5.71. The summed E-state index contributed by atoms with van der Waals surface area (Å²) in [6, 6.07) is 7.09. The first-order valence-corrected chi connectivity index (χ1v) is 11.4. The lowest BCUT2D eigenvalue weighted by Gasteiger charge is -2.26. The van der Waals surface area contributed by atoms with Gasteiger partial charge in [-0.25, -0.2) is 14.5 Å². The number of fused-ring (bicyclic) bond motifs is 1. The molecule has 0 atom stereocenters. The third-order valence-corrected chi connectivity index (χ3v) is 5.92. The van der Waals surface area contributed by atoms with Crippen LogP contribution in [0.15, 0.2) is 42.9 Å². The Hall–Kier alpha value is -3.70. The Morgan fingerprint density at radius 1 is 1.12 bits per heavy atom. The second kappa shape index (κ2) is 9.27. The maximum absolute atomic E-state index is 13.1. The number of rotatable bonds is 6. The second-order valence-electron chi connectivity index (χ2n) is 8.29. The van der Waals surface area contributed by atoms with E-state index in [1.807, 2.05) is 25.4 Å².